The summed E-state index contributed by atoms with van der Waals surface area (Å²) in [5.74, 6) is 0.987. The molecule has 2 nitrogen and oxygen atoms in total. The predicted molar refractivity (Wildman–Crippen MR) is 150 cm³/mol. The third kappa shape index (κ3) is 3.98. The highest BCUT2D eigenvalue weighted by molar-refractivity contribution is 6.16. The van der Waals surface area contributed by atoms with Crippen LogP contribution >= 0.6 is 0 Å². The molecule has 35 heavy (non-hydrogen) atoms. The second-order valence-corrected chi connectivity index (χ2v) is 8.64. The van der Waals surface area contributed by atoms with Crippen molar-refractivity contribution in [1.29, 1.82) is 0 Å². The molecule has 0 spiro atoms. The Morgan fingerprint density at radius 1 is 0.771 bits per heavy atom. The smallest absolute Gasteiger partial charge is 0.134 e. The molecule has 0 radical (unpaired) electrons. The van der Waals surface area contributed by atoms with Gasteiger partial charge in [0.05, 0.1) is 11.0 Å². The third-order valence-electron chi connectivity index (χ3n) is 6.53. The first-order valence-electron chi connectivity index (χ1n) is 12.0. The van der Waals surface area contributed by atoms with Crippen molar-refractivity contribution in [2.75, 3.05) is 0 Å². The van der Waals surface area contributed by atoms with Gasteiger partial charge in [0.1, 0.15) is 11.3 Å². The van der Waals surface area contributed by atoms with Crippen LogP contribution in [0.25, 0.3) is 49.6 Å². The number of furan rings is 1. The van der Waals surface area contributed by atoms with E-state index in [2.05, 4.69) is 109 Å². The van der Waals surface area contributed by atoms with Crippen LogP contribution in [-0.2, 0) is 0 Å². The molecular weight excluding hydrogens is 426 g/mol. The fraction of sp³-hybridized carbons (Fsp3) is 0.0909. The molecule has 0 fully saturated rings. The molecule has 2 aromatic heterocycles. The monoisotopic (exact) mass is 455 g/mol. The topological polar surface area (TPSA) is 18.1 Å². The molecule has 6 rings (SSSR count). The minimum absolute atomic E-state index is 0.952. The van der Waals surface area contributed by atoms with Crippen molar-refractivity contribution in [3.8, 4) is 16.8 Å². The minimum Gasteiger partial charge on any atom is -0.461 e. The Bertz CT molecular complexity index is 1680. The summed E-state index contributed by atoms with van der Waals surface area (Å²) in [4.78, 5) is 0. The van der Waals surface area contributed by atoms with Crippen molar-refractivity contribution in [3.63, 3.8) is 0 Å². The number of rotatable bonds is 3. The highest BCUT2D eigenvalue weighted by Crippen LogP contribution is 2.39. The van der Waals surface area contributed by atoms with Crippen LogP contribution in [0, 0.1) is 13.8 Å². The Balaban J connectivity index is 0.000000464. The van der Waals surface area contributed by atoms with E-state index in [9.17, 15) is 0 Å². The summed E-state index contributed by atoms with van der Waals surface area (Å²) in [6.45, 7) is 9.59. The van der Waals surface area contributed by atoms with Crippen molar-refractivity contribution >= 4 is 32.8 Å². The van der Waals surface area contributed by atoms with Gasteiger partial charge >= 0.3 is 0 Å². The molecule has 172 valence electrons. The van der Waals surface area contributed by atoms with E-state index in [0.29, 0.717) is 0 Å². The van der Waals surface area contributed by atoms with Crippen molar-refractivity contribution in [2.24, 2.45) is 0 Å². The molecule has 0 N–H and O–H groups in total. The van der Waals surface area contributed by atoms with E-state index in [-0.39, 0.29) is 0 Å². The maximum atomic E-state index is 5.91. The van der Waals surface area contributed by atoms with Gasteiger partial charge in [-0.25, -0.2) is 0 Å². The number of hydrogen-bond acceptors (Lipinski definition) is 1. The van der Waals surface area contributed by atoms with Gasteiger partial charge in [-0.1, -0.05) is 79.4 Å². The lowest BCUT2D eigenvalue weighted by Crippen LogP contribution is -1.92. The van der Waals surface area contributed by atoms with E-state index < -0.39 is 0 Å². The Hall–Kier alpha value is -4.30. The molecule has 0 aliphatic rings. The Morgan fingerprint density at radius 2 is 1.51 bits per heavy atom. The first kappa shape index (κ1) is 22.5. The zero-order valence-corrected chi connectivity index (χ0v) is 20.5. The fourth-order valence-electron chi connectivity index (χ4n) is 4.76. The maximum absolute atomic E-state index is 5.91. The van der Waals surface area contributed by atoms with E-state index in [4.69, 9.17) is 4.42 Å². The summed E-state index contributed by atoms with van der Waals surface area (Å²) in [7, 11) is 0. The zero-order chi connectivity index (χ0) is 24.4. The largest absolute Gasteiger partial charge is 0.461 e. The summed E-state index contributed by atoms with van der Waals surface area (Å²) in [5, 5.41) is 3.75. The third-order valence-corrected chi connectivity index (χ3v) is 6.53. The van der Waals surface area contributed by atoms with E-state index in [0.717, 1.165) is 11.3 Å². The van der Waals surface area contributed by atoms with E-state index in [1.165, 1.54) is 49.6 Å². The molecule has 6 aromatic rings. The fourth-order valence-corrected chi connectivity index (χ4v) is 4.76. The average Bonchev–Trinajstić information content (AvgIpc) is 3.39. The Morgan fingerprint density at radius 3 is 2.26 bits per heavy atom. The predicted octanol–water partition coefficient (Wildman–Crippen LogP) is 9.56. The summed E-state index contributed by atoms with van der Waals surface area (Å²) < 4.78 is 8.27. The standard InChI is InChI=1S/C28H21NO.C5H8/c1-18-19(2)30-27-16-15-20(17-24(18)27)22-12-8-14-26-28(22)23-11-6-7-13-25(23)29(26)21-9-4-3-5-10-21;1-3-5-4-2/h3-17H,1-2H3;3-5H,1H2,2H3/b;5-4-. The van der Waals surface area contributed by atoms with Crippen molar-refractivity contribution in [2.45, 2.75) is 20.8 Å². The number of nitrogens with zero attached hydrogens (tertiary/aromatic N) is 1. The van der Waals surface area contributed by atoms with E-state index in [1.807, 2.05) is 26.0 Å². The maximum Gasteiger partial charge on any atom is 0.134 e. The van der Waals surface area contributed by atoms with Crippen LogP contribution in [-0.4, -0.2) is 4.57 Å². The van der Waals surface area contributed by atoms with Gasteiger partial charge in [0, 0.05) is 21.8 Å². The number of fused-ring (bicyclic) bond motifs is 4. The molecule has 0 amide bonds. The number of hydrogen-bond donors (Lipinski definition) is 0. The van der Waals surface area contributed by atoms with Crippen LogP contribution in [0.1, 0.15) is 18.2 Å². The van der Waals surface area contributed by atoms with E-state index >= 15 is 0 Å². The lowest BCUT2D eigenvalue weighted by atomic mass is 9.98. The minimum atomic E-state index is 0.952. The van der Waals surface area contributed by atoms with Gasteiger partial charge in [0.25, 0.3) is 0 Å². The number of benzene rings is 4. The normalized spacial score (nSPS) is 11.3. The van der Waals surface area contributed by atoms with Crippen LogP contribution in [0.5, 0.6) is 0 Å². The molecule has 0 aliphatic heterocycles. The molecule has 0 atom stereocenters. The highest BCUT2D eigenvalue weighted by Gasteiger charge is 2.16. The molecule has 0 unspecified atom stereocenters. The molecule has 4 aromatic carbocycles. The second kappa shape index (κ2) is 9.52. The van der Waals surface area contributed by atoms with Gasteiger partial charge in [-0.2, -0.15) is 0 Å². The van der Waals surface area contributed by atoms with Crippen LogP contribution in [0.2, 0.25) is 0 Å². The van der Waals surface area contributed by atoms with Gasteiger partial charge in [0.15, 0.2) is 0 Å². The summed E-state index contributed by atoms with van der Waals surface area (Å²) >= 11 is 0. The van der Waals surface area contributed by atoms with Gasteiger partial charge < -0.3 is 8.98 Å². The van der Waals surface area contributed by atoms with Crippen molar-refractivity contribution < 1.29 is 4.42 Å². The van der Waals surface area contributed by atoms with Crippen LogP contribution in [0.3, 0.4) is 0 Å². The Labute approximate surface area is 206 Å². The van der Waals surface area contributed by atoms with E-state index in [1.54, 1.807) is 6.08 Å². The number of allylic oxidation sites excluding steroid dienone is 3. The van der Waals surface area contributed by atoms with Crippen LogP contribution in [0.4, 0.5) is 0 Å². The van der Waals surface area contributed by atoms with Gasteiger partial charge in [-0.05, 0) is 73.9 Å². The average molecular weight is 456 g/mol. The summed E-state index contributed by atoms with van der Waals surface area (Å²) in [5.41, 5.74) is 8.25. The Kier molecular flexibility index (Phi) is 6.12. The molecule has 2 heterocycles. The van der Waals surface area contributed by atoms with Crippen LogP contribution < -0.4 is 0 Å². The first-order valence-corrected chi connectivity index (χ1v) is 12.0. The molecule has 2 heteroatoms. The quantitative estimate of drug-likeness (QED) is 0.243. The van der Waals surface area contributed by atoms with Gasteiger partial charge in [0.2, 0.25) is 0 Å². The molecule has 0 aliphatic carbocycles. The van der Waals surface area contributed by atoms with Crippen LogP contribution in [0.15, 0.2) is 120 Å². The van der Waals surface area contributed by atoms with Gasteiger partial charge in [-0.3, -0.25) is 0 Å². The number of para-hydroxylation sites is 2. The highest BCUT2D eigenvalue weighted by atomic mass is 16.3. The SMILES string of the molecule is C=C/C=C\C.Cc1oc2ccc(-c3cccc4c3c3ccccc3n4-c3ccccc3)cc2c1C. The summed E-state index contributed by atoms with van der Waals surface area (Å²) in [6, 6.07) is 32.4. The lowest BCUT2D eigenvalue weighted by molar-refractivity contribution is 0.575. The molecular formula is C33H29NO. The number of aryl methyl sites for hydroxylation is 2. The first-order chi connectivity index (χ1) is 17.1. The molecule has 0 saturated carbocycles. The summed E-state index contributed by atoms with van der Waals surface area (Å²) in [6.07, 6.45) is 5.58. The van der Waals surface area contributed by atoms with Crippen molar-refractivity contribution in [1.82, 2.24) is 4.57 Å². The zero-order valence-electron chi connectivity index (χ0n) is 20.5. The van der Waals surface area contributed by atoms with Gasteiger partial charge in [-0.15, -0.1) is 0 Å². The second-order valence-electron chi connectivity index (χ2n) is 8.64. The molecule has 0 saturated heterocycles. The lowest BCUT2D eigenvalue weighted by Gasteiger charge is -2.08. The van der Waals surface area contributed by atoms with Crippen molar-refractivity contribution in [3.05, 3.63) is 127 Å². The number of aromatic nitrogens is 1. The molecule has 0 bridgehead atoms.